The number of esters is 1. The van der Waals surface area contributed by atoms with Crippen LogP contribution in [0.5, 0.6) is 0 Å². The summed E-state index contributed by atoms with van der Waals surface area (Å²) in [4.78, 5) is 37.7. The Morgan fingerprint density at radius 3 is 2.65 bits per heavy atom. The molecule has 3 fully saturated rings. The van der Waals surface area contributed by atoms with Gasteiger partial charge in [0.05, 0.1) is 6.10 Å². The number of ether oxygens (including phenoxy) is 1. The van der Waals surface area contributed by atoms with Gasteiger partial charge in [0.2, 0.25) is 0 Å². The largest absolute Gasteiger partial charge is 0.455 e. The monoisotopic (exact) mass is 506 g/mol. The zero-order valence-electron chi connectivity index (χ0n) is 21.7. The van der Waals surface area contributed by atoms with Crippen LogP contribution in [-0.2, 0) is 19.1 Å². The minimum atomic E-state index is -1.91. The summed E-state index contributed by atoms with van der Waals surface area (Å²) < 4.78 is 22.5. The van der Waals surface area contributed by atoms with Gasteiger partial charge in [-0.3, -0.25) is 9.59 Å². The van der Waals surface area contributed by atoms with Crippen LogP contribution in [0.3, 0.4) is 0 Å². The highest BCUT2D eigenvalue weighted by atomic mass is 19.1. The lowest BCUT2D eigenvalue weighted by Gasteiger charge is -2.61. The van der Waals surface area contributed by atoms with Crippen LogP contribution in [0, 0.1) is 34.5 Å². The number of carbonyl (C=O) groups is 3. The average Bonchev–Trinajstić information content (AvgIpc) is 3.12. The van der Waals surface area contributed by atoms with E-state index in [4.69, 9.17) is 4.74 Å². The third-order valence-electron chi connectivity index (χ3n) is 9.90. The Hall–Kier alpha value is -2.86. The molecule has 0 unspecified atom stereocenters. The molecule has 196 valence electrons. The van der Waals surface area contributed by atoms with Crippen molar-refractivity contribution in [2.45, 2.75) is 58.2 Å². The van der Waals surface area contributed by atoms with Crippen molar-refractivity contribution < 1.29 is 28.6 Å². The molecule has 4 aliphatic rings. The summed E-state index contributed by atoms with van der Waals surface area (Å²) in [6.07, 6.45) is 8.22. The van der Waals surface area contributed by atoms with Crippen molar-refractivity contribution in [2.24, 2.45) is 34.5 Å². The maximum absolute atomic E-state index is 17.2. The summed E-state index contributed by atoms with van der Waals surface area (Å²) in [7, 11) is 0. The average molecular weight is 507 g/mol. The Kier molecular flexibility index (Phi) is 6.38. The molecule has 4 aliphatic carbocycles. The number of carbonyl (C=O) groups excluding carboxylic acids is 3. The molecule has 8 atom stereocenters. The number of aliphatic hydroxyl groups is 1. The standard InChI is InChI=1S/C31H35FO5/c1-19-15-24-23-11-10-21-16-22(33)13-14-30(21,3)31(23,32)26(35)17-29(24,2)28(19)25(34)18-37-27(36)12-9-20-7-5-4-6-8-20/h4-9,12-14,16,19,23-24,26,28,35H,10-11,15,17-18H2,1-3H3/b12-9+/t19-,23+,24+,26+,28-,29+,30+,31+/m1/s1. The van der Waals surface area contributed by atoms with Gasteiger partial charge >= 0.3 is 5.97 Å². The zero-order chi connectivity index (χ0) is 26.6. The van der Waals surface area contributed by atoms with Gasteiger partial charge < -0.3 is 9.84 Å². The molecule has 0 amide bonds. The van der Waals surface area contributed by atoms with Crippen LogP contribution in [0.1, 0.15) is 52.0 Å². The Morgan fingerprint density at radius 1 is 1.19 bits per heavy atom. The number of aliphatic hydroxyl groups excluding tert-OH is 1. The summed E-state index contributed by atoms with van der Waals surface area (Å²) in [5.41, 5.74) is -1.96. The van der Waals surface area contributed by atoms with Gasteiger partial charge in [-0.1, -0.05) is 55.8 Å². The number of fused-ring (bicyclic) bond motifs is 5. The fraction of sp³-hybridized carbons (Fsp3) is 0.516. The summed E-state index contributed by atoms with van der Waals surface area (Å²) in [6.45, 7) is 5.46. The molecule has 5 rings (SSSR count). The van der Waals surface area contributed by atoms with Crippen LogP contribution >= 0.6 is 0 Å². The van der Waals surface area contributed by atoms with Crippen molar-refractivity contribution in [1.82, 2.24) is 0 Å². The first-order valence-corrected chi connectivity index (χ1v) is 13.2. The number of Topliss-reactive ketones (excluding diaryl/α,β-unsaturated/α-hetero) is 1. The number of alkyl halides is 1. The summed E-state index contributed by atoms with van der Waals surface area (Å²) in [5.74, 6) is -1.89. The van der Waals surface area contributed by atoms with Gasteiger partial charge in [-0.25, -0.2) is 9.18 Å². The number of benzene rings is 1. The second-order valence-electron chi connectivity index (χ2n) is 11.9. The number of hydrogen-bond acceptors (Lipinski definition) is 5. The van der Waals surface area contributed by atoms with Crippen molar-refractivity contribution >= 4 is 23.6 Å². The van der Waals surface area contributed by atoms with Gasteiger partial charge in [0.1, 0.15) is 0 Å². The first kappa shape index (κ1) is 25.8. The van der Waals surface area contributed by atoms with E-state index >= 15 is 4.39 Å². The van der Waals surface area contributed by atoms with E-state index in [1.165, 1.54) is 18.2 Å². The highest BCUT2D eigenvalue weighted by Crippen LogP contribution is 2.69. The molecular weight excluding hydrogens is 471 g/mol. The van der Waals surface area contributed by atoms with E-state index in [0.717, 1.165) is 11.1 Å². The smallest absolute Gasteiger partial charge is 0.331 e. The highest BCUT2D eigenvalue weighted by Gasteiger charge is 2.71. The lowest BCUT2D eigenvalue weighted by molar-refractivity contribution is -0.196. The van der Waals surface area contributed by atoms with Crippen molar-refractivity contribution in [3.63, 3.8) is 0 Å². The molecule has 6 heteroatoms. The molecule has 1 aromatic rings. The molecule has 0 aromatic heterocycles. The van der Waals surface area contributed by atoms with Crippen LogP contribution in [0.4, 0.5) is 4.39 Å². The molecule has 0 heterocycles. The molecule has 0 bridgehead atoms. The zero-order valence-corrected chi connectivity index (χ0v) is 21.7. The molecule has 0 saturated heterocycles. The van der Waals surface area contributed by atoms with Crippen LogP contribution < -0.4 is 0 Å². The fourth-order valence-electron chi connectivity index (χ4n) is 8.27. The van der Waals surface area contributed by atoms with Crippen molar-refractivity contribution in [1.29, 1.82) is 0 Å². The third-order valence-corrected chi connectivity index (χ3v) is 9.90. The molecule has 1 aromatic carbocycles. The van der Waals surface area contributed by atoms with Gasteiger partial charge in [0.15, 0.2) is 23.8 Å². The van der Waals surface area contributed by atoms with E-state index in [0.29, 0.717) is 19.3 Å². The molecule has 1 N–H and O–H groups in total. The molecular formula is C31H35FO5. The SMILES string of the molecule is C[C@@H]1C[C@H]2[C@@H]3CCC4=CC(=O)C=C[C@]4(C)[C@@]3(F)[C@@H](O)C[C@]2(C)[C@H]1C(=O)COC(=O)/C=C/c1ccccc1. The lowest BCUT2D eigenvalue weighted by atomic mass is 9.45. The quantitative estimate of drug-likeness (QED) is 0.447. The first-order valence-electron chi connectivity index (χ1n) is 13.2. The van der Waals surface area contributed by atoms with Crippen LogP contribution in [-0.4, -0.2) is 41.0 Å². The normalized spacial score (nSPS) is 40.5. The minimum Gasteiger partial charge on any atom is -0.455 e. The van der Waals surface area contributed by atoms with E-state index in [9.17, 15) is 19.5 Å². The third kappa shape index (κ3) is 3.96. The van der Waals surface area contributed by atoms with Gasteiger partial charge in [-0.2, -0.15) is 0 Å². The maximum Gasteiger partial charge on any atom is 0.331 e. The highest BCUT2D eigenvalue weighted by molar-refractivity contribution is 6.01. The first-order chi connectivity index (χ1) is 17.5. The van der Waals surface area contributed by atoms with Gasteiger partial charge in [-0.15, -0.1) is 0 Å². The predicted octanol–water partition coefficient (Wildman–Crippen LogP) is 5.05. The van der Waals surface area contributed by atoms with Crippen molar-refractivity contribution in [3.8, 4) is 0 Å². The van der Waals surface area contributed by atoms with Crippen molar-refractivity contribution in [2.75, 3.05) is 6.61 Å². The molecule has 37 heavy (non-hydrogen) atoms. The van der Waals surface area contributed by atoms with Crippen LogP contribution in [0.25, 0.3) is 6.08 Å². The lowest BCUT2D eigenvalue weighted by Crippen LogP contribution is -2.66. The Labute approximate surface area is 217 Å². The Morgan fingerprint density at radius 2 is 1.92 bits per heavy atom. The summed E-state index contributed by atoms with van der Waals surface area (Å²) in [5, 5.41) is 11.4. The molecule has 0 aliphatic heterocycles. The number of halogens is 1. The number of rotatable bonds is 5. The van der Waals surface area contributed by atoms with Crippen LogP contribution in [0.15, 0.2) is 60.2 Å². The van der Waals surface area contributed by atoms with Gasteiger partial charge in [0.25, 0.3) is 0 Å². The van der Waals surface area contributed by atoms with Gasteiger partial charge in [-0.05, 0) is 73.6 Å². The summed E-state index contributed by atoms with van der Waals surface area (Å²) in [6, 6.07) is 9.34. The molecule has 0 radical (unpaired) electrons. The Balaban J connectivity index is 1.34. The van der Waals surface area contributed by atoms with E-state index in [2.05, 4.69) is 0 Å². The fourth-order valence-corrected chi connectivity index (χ4v) is 8.27. The van der Waals surface area contributed by atoms with Crippen molar-refractivity contribution in [3.05, 3.63) is 65.8 Å². The number of allylic oxidation sites excluding steroid dienone is 4. The predicted molar refractivity (Wildman–Crippen MR) is 138 cm³/mol. The topological polar surface area (TPSA) is 80.7 Å². The summed E-state index contributed by atoms with van der Waals surface area (Å²) >= 11 is 0. The van der Waals surface area contributed by atoms with Crippen LogP contribution in [0.2, 0.25) is 0 Å². The second kappa shape index (κ2) is 9.16. The van der Waals surface area contributed by atoms with E-state index in [1.54, 1.807) is 19.1 Å². The number of ketones is 2. The molecule has 3 saturated carbocycles. The minimum absolute atomic E-state index is 0.0242. The second-order valence-corrected chi connectivity index (χ2v) is 11.9. The van der Waals surface area contributed by atoms with Gasteiger partial charge in [0, 0.05) is 23.3 Å². The number of hydrogen-bond donors (Lipinski definition) is 1. The Bertz CT molecular complexity index is 1200. The maximum atomic E-state index is 17.2. The van der Waals surface area contributed by atoms with E-state index < -0.39 is 40.4 Å². The van der Waals surface area contributed by atoms with E-state index in [-0.39, 0.29) is 36.4 Å². The molecule has 0 spiro atoms. The van der Waals surface area contributed by atoms with E-state index in [1.807, 2.05) is 44.2 Å². The molecule has 5 nitrogen and oxygen atoms in total.